The van der Waals surface area contributed by atoms with Gasteiger partial charge in [-0.3, -0.25) is 9.59 Å². The minimum atomic E-state index is -3.72. The highest BCUT2D eigenvalue weighted by Gasteiger charge is 2.33. The van der Waals surface area contributed by atoms with Crippen molar-refractivity contribution >= 4 is 21.8 Å². The molecular weight excluding hydrogens is 502 g/mol. The fourth-order valence-electron chi connectivity index (χ4n) is 4.06. The Labute approximate surface area is 225 Å². The molecule has 9 heteroatoms. The molecule has 0 fully saturated rings. The highest BCUT2D eigenvalue weighted by atomic mass is 32.2. The molecule has 3 aromatic carbocycles. The van der Waals surface area contributed by atoms with Crippen molar-refractivity contribution in [1.82, 2.24) is 14.5 Å². The van der Waals surface area contributed by atoms with Gasteiger partial charge in [-0.05, 0) is 23.1 Å². The van der Waals surface area contributed by atoms with E-state index in [4.69, 9.17) is 4.74 Å². The molecule has 0 aliphatic carbocycles. The molecule has 0 spiro atoms. The number of ether oxygens (including phenoxy) is 1. The molecule has 0 bridgehead atoms. The minimum Gasteiger partial charge on any atom is -0.385 e. The first kappa shape index (κ1) is 29.0. The van der Waals surface area contributed by atoms with Crippen molar-refractivity contribution in [3.05, 3.63) is 108 Å². The van der Waals surface area contributed by atoms with Gasteiger partial charge in [0.25, 0.3) is 0 Å². The van der Waals surface area contributed by atoms with Crippen molar-refractivity contribution in [2.24, 2.45) is 0 Å². The number of carbonyl (C=O) groups is 2. The topological polar surface area (TPSA) is 96.0 Å². The van der Waals surface area contributed by atoms with Crippen LogP contribution >= 0.6 is 0 Å². The standard InChI is InChI=1S/C29H35N3O5S/c1-37-20-12-19-30-29(34)28(26-17-10-5-11-18-26)32(22-25-15-8-4-9-16-25)27(33)23-31(38(2,35)36)21-24-13-6-3-7-14-24/h3-11,13-18,28H,12,19-23H2,1-2H3,(H,30,34)/t28-/m1/s1. The van der Waals surface area contributed by atoms with Crippen LogP contribution in [-0.2, 0) is 37.4 Å². The zero-order valence-corrected chi connectivity index (χ0v) is 22.6. The van der Waals surface area contributed by atoms with Gasteiger partial charge in [0.05, 0.1) is 12.8 Å². The van der Waals surface area contributed by atoms with E-state index in [0.717, 1.165) is 21.7 Å². The van der Waals surface area contributed by atoms with Gasteiger partial charge in [-0.25, -0.2) is 8.42 Å². The van der Waals surface area contributed by atoms with Gasteiger partial charge in [0, 0.05) is 33.4 Å². The maximum atomic E-state index is 13.9. The second-order valence-corrected chi connectivity index (χ2v) is 11.0. The fraction of sp³-hybridized carbons (Fsp3) is 0.310. The van der Waals surface area contributed by atoms with Gasteiger partial charge in [-0.2, -0.15) is 4.31 Å². The van der Waals surface area contributed by atoms with E-state index in [0.29, 0.717) is 25.1 Å². The Morgan fingerprint density at radius 1 is 0.842 bits per heavy atom. The smallest absolute Gasteiger partial charge is 0.247 e. The molecule has 0 radical (unpaired) electrons. The SMILES string of the molecule is COCCCNC(=O)[C@@H](c1ccccc1)N(Cc1ccccc1)C(=O)CN(Cc1ccccc1)S(C)(=O)=O. The summed E-state index contributed by atoms with van der Waals surface area (Å²) in [6, 6.07) is 26.5. The molecular formula is C29H35N3O5S. The molecule has 38 heavy (non-hydrogen) atoms. The predicted molar refractivity (Wildman–Crippen MR) is 147 cm³/mol. The molecule has 0 saturated heterocycles. The second kappa shape index (κ2) is 14.4. The Bertz CT molecular complexity index is 1260. The number of nitrogens with zero attached hydrogens (tertiary/aromatic N) is 2. The van der Waals surface area contributed by atoms with E-state index in [1.54, 1.807) is 19.2 Å². The van der Waals surface area contributed by atoms with Crippen LogP contribution in [0.4, 0.5) is 0 Å². The molecule has 2 amide bonds. The number of carbonyl (C=O) groups excluding carboxylic acids is 2. The molecule has 8 nitrogen and oxygen atoms in total. The number of hydrogen-bond acceptors (Lipinski definition) is 5. The summed E-state index contributed by atoms with van der Waals surface area (Å²) in [6.07, 6.45) is 1.71. The van der Waals surface area contributed by atoms with Crippen molar-refractivity contribution in [3.63, 3.8) is 0 Å². The molecule has 0 aliphatic rings. The van der Waals surface area contributed by atoms with E-state index in [2.05, 4.69) is 5.32 Å². The first-order chi connectivity index (χ1) is 18.3. The summed E-state index contributed by atoms with van der Waals surface area (Å²) in [5.74, 6) is -0.818. The molecule has 202 valence electrons. The number of nitrogens with one attached hydrogen (secondary N) is 1. The van der Waals surface area contributed by atoms with E-state index < -0.39 is 28.5 Å². The van der Waals surface area contributed by atoms with Crippen LogP contribution in [0.5, 0.6) is 0 Å². The van der Waals surface area contributed by atoms with Crippen LogP contribution in [0.3, 0.4) is 0 Å². The third-order valence-electron chi connectivity index (χ3n) is 6.00. The normalized spacial score (nSPS) is 12.2. The lowest BCUT2D eigenvalue weighted by molar-refractivity contribution is -0.141. The molecule has 0 saturated carbocycles. The van der Waals surface area contributed by atoms with E-state index in [1.165, 1.54) is 4.90 Å². The third-order valence-corrected chi connectivity index (χ3v) is 7.19. The van der Waals surface area contributed by atoms with Gasteiger partial charge in [-0.1, -0.05) is 91.0 Å². The van der Waals surface area contributed by atoms with Crippen molar-refractivity contribution in [2.75, 3.05) is 33.1 Å². The molecule has 0 aromatic heterocycles. The molecule has 1 atom stereocenters. The summed E-state index contributed by atoms with van der Waals surface area (Å²) in [5.41, 5.74) is 2.22. The number of hydrogen-bond donors (Lipinski definition) is 1. The van der Waals surface area contributed by atoms with Crippen molar-refractivity contribution < 1.29 is 22.7 Å². The average Bonchev–Trinajstić information content (AvgIpc) is 2.91. The minimum absolute atomic E-state index is 0.0454. The Morgan fingerprint density at radius 2 is 1.37 bits per heavy atom. The molecule has 0 aliphatic heterocycles. The highest BCUT2D eigenvalue weighted by molar-refractivity contribution is 7.88. The van der Waals surface area contributed by atoms with Crippen LogP contribution in [0.1, 0.15) is 29.2 Å². The van der Waals surface area contributed by atoms with E-state index in [1.807, 2.05) is 78.9 Å². The summed E-state index contributed by atoms with van der Waals surface area (Å²) in [6.45, 7) is 0.650. The molecule has 3 rings (SSSR count). The zero-order chi connectivity index (χ0) is 27.4. The van der Waals surface area contributed by atoms with E-state index >= 15 is 0 Å². The summed E-state index contributed by atoms with van der Waals surface area (Å²) < 4.78 is 31.6. The van der Waals surface area contributed by atoms with Crippen molar-refractivity contribution in [1.29, 1.82) is 0 Å². The Balaban J connectivity index is 1.96. The van der Waals surface area contributed by atoms with Gasteiger partial charge in [0.15, 0.2) is 0 Å². The van der Waals surface area contributed by atoms with Crippen LogP contribution in [0, 0.1) is 0 Å². The maximum absolute atomic E-state index is 13.9. The van der Waals surface area contributed by atoms with Gasteiger partial charge in [0.2, 0.25) is 21.8 Å². The highest BCUT2D eigenvalue weighted by Crippen LogP contribution is 2.25. The summed E-state index contributed by atoms with van der Waals surface area (Å²) in [5, 5.41) is 2.92. The van der Waals surface area contributed by atoms with Gasteiger partial charge < -0.3 is 15.0 Å². The Kier molecular flexibility index (Phi) is 11.0. The number of benzene rings is 3. The van der Waals surface area contributed by atoms with Crippen molar-refractivity contribution in [3.8, 4) is 0 Å². The van der Waals surface area contributed by atoms with Crippen LogP contribution in [0.15, 0.2) is 91.0 Å². The summed E-state index contributed by atoms with van der Waals surface area (Å²) in [4.78, 5) is 28.9. The molecule has 1 N–H and O–H groups in total. The molecule has 0 unspecified atom stereocenters. The average molecular weight is 538 g/mol. The van der Waals surface area contributed by atoms with Crippen molar-refractivity contribution in [2.45, 2.75) is 25.6 Å². The number of rotatable bonds is 14. The van der Waals surface area contributed by atoms with E-state index in [-0.39, 0.29) is 19.0 Å². The van der Waals surface area contributed by atoms with E-state index in [9.17, 15) is 18.0 Å². The lowest BCUT2D eigenvalue weighted by Crippen LogP contribution is -2.48. The number of methoxy groups -OCH3 is 1. The molecule has 0 heterocycles. The Hall–Kier alpha value is -3.53. The van der Waals surface area contributed by atoms with Crippen LogP contribution in [0.25, 0.3) is 0 Å². The third kappa shape index (κ3) is 8.79. The predicted octanol–water partition coefficient (Wildman–Crippen LogP) is 3.37. The second-order valence-electron chi connectivity index (χ2n) is 8.97. The zero-order valence-electron chi connectivity index (χ0n) is 21.8. The lowest BCUT2D eigenvalue weighted by Gasteiger charge is -2.33. The number of sulfonamides is 1. The van der Waals surface area contributed by atoms with Crippen LogP contribution < -0.4 is 5.32 Å². The largest absolute Gasteiger partial charge is 0.385 e. The summed E-state index contributed by atoms with van der Waals surface area (Å²) >= 11 is 0. The lowest BCUT2D eigenvalue weighted by atomic mass is 10.0. The quantitative estimate of drug-likeness (QED) is 0.318. The first-order valence-corrected chi connectivity index (χ1v) is 14.3. The van der Waals surface area contributed by atoms with Gasteiger partial charge in [-0.15, -0.1) is 0 Å². The number of amides is 2. The van der Waals surface area contributed by atoms with Crippen LogP contribution in [0.2, 0.25) is 0 Å². The molecule has 3 aromatic rings. The van der Waals surface area contributed by atoms with Gasteiger partial charge >= 0.3 is 0 Å². The maximum Gasteiger partial charge on any atom is 0.247 e. The Morgan fingerprint density at radius 3 is 1.89 bits per heavy atom. The fourth-order valence-corrected chi connectivity index (χ4v) is 4.78. The summed E-state index contributed by atoms with van der Waals surface area (Å²) in [7, 11) is -2.13. The first-order valence-electron chi connectivity index (χ1n) is 12.4. The van der Waals surface area contributed by atoms with Gasteiger partial charge in [0.1, 0.15) is 6.04 Å². The van der Waals surface area contributed by atoms with Crippen LogP contribution in [-0.4, -0.2) is 62.5 Å². The monoisotopic (exact) mass is 537 g/mol.